The third kappa shape index (κ3) is 3.46. The van der Waals surface area contributed by atoms with Gasteiger partial charge in [0.1, 0.15) is 17.7 Å². The SMILES string of the molecule is N#Cc1cccnc1OC1CCN(C(=O)c2ccncc2)CC1. The van der Waals surface area contributed by atoms with Gasteiger partial charge in [-0.2, -0.15) is 5.26 Å². The summed E-state index contributed by atoms with van der Waals surface area (Å²) < 4.78 is 5.83. The molecular weight excluding hydrogens is 292 g/mol. The number of ether oxygens (including phenoxy) is 1. The van der Waals surface area contributed by atoms with Crippen LogP contribution in [0.3, 0.4) is 0 Å². The van der Waals surface area contributed by atoms with Crippen LogP contribution in [-0.2, 0) is 0 Å². The molecule has 1 saturated heterocycles. The summed E-state index contributed by atoms with van der Waals surface area (Å²) in [6, 6.07) is 8.91. The summed E-state index contributed by atoms with van der Waals surface area (Å²) in [7, 11) is 0. The number of piperidine rings is 1. The van der Waals surface area contributed by atoms with Crippen molar-refractivity contribution >= 4 is 5.91 Å². The van der Waals surface area contributed by atoms with Crippen molar-refractivity contribution in [2.45, 2.75) is 18.9 Å². The van der Waals surface area contributed by atoms with E-state index in [2.05, 4.69) is 16.0 Å². The molecule has 0 aromatic carbocycles. The van der Waals surface area contributed by atoms with E-state index in [0.29, 0.717) is 30.1 Å². The average molecular weight is 308 g/mol. The largest absolute Gasteiger partial charge is 0.473 e. The number of rotatable bonds is 3. The number of hydrogen-bond acceptors (Lipinski definition) is 5. The zero-order valence-corrected chi connectivity index (χ0v) is 12.6. The third-order valence-electron chi connectivity index (χ3n) is 3.83. The first-order valence-electron chi connectivity index (χ1n) is 7.49. The highest BCUT2D eigenvalue weighted by Gasteiger charge is 2.25. The highest BCUT2D eigenvalue weighted by Crippen LogP contribution is 2.21. The van der Waals surface area contributed by atoms with Crippen LogP contribution in [0.1, 0.15) is 28.8 Å². The van der Waals surface area contributed by atoms with Crippen LogP contribution < -0.4 is 4.74 Å². The minimum absolute atomic E-state index is 0.0152. The van der Waals surface area contributed by atoms with Crippen LogP contribution in [-0.4, -0.2) is 40.0 Å². The highest BCUT2D eigenvalue weighted by molar-refractivity contribution is 5.94. The number of nitriles is 1. The predicted molar refractivity (Wildman–Crippen MR) is 82.7 cm³/mol. The number of carbonyl (C=O) groups is 1. The quantitative estimate of drug-likeness (QED) is 0.867. The van der Waals surface area contributed by atoms with Crippen LogP contribution >= 0.6 is 0 Å². The highest BCUT2D eigenvalue weighted by atomic mass is 16.5. The van der Waals surface area contributed by atoms with Crippen molar-refractivity contribution in [1.82, 2.24) is 14.9 Å². The van der Waals surface area contributed by atoms with Crippen LogP contribution in [0.15, 0.2) is 42.9 Å². The molecule has 6 heteroatoms. The second-order valence-corrected chi connectivity index (χ2v) is 5.31. The van der Waals surface area contributed by atoms with Gasteiger partial charge in [0.25, 0.3) is 5.91 Å². The number of nitrogens with zero attached hydrogens (tertiary/aromatic N) is 4. The maximum atomic E-state index is 12.4. The maximum absolute atomic E-state index is 12.4. The Kier molecular flexibility index (Phi) is 4.48. The maximum Gasteiger partial charge on any atom is 0.253 e. The summed E-state index contributed by atoms with van der Waals surface area (Å²) in [5, 5.41) is 9.06. The molecule has 1 aliphatic heterocycles. The summed E-state index contributed by atoms with van der Waals surface area (Å²) in [5.41, 5.74) is 1.08. The van der Waals surface area contributed by atoms with E-state index in [0.717, 1.165) is 12.8 Å². The fraction of sp³-hybridized carbons (Fsp3) is 0.294. The Morgan fingerprint density at radius 2 is 1.96 bits per heavy atom. The number of pyridine rings is 2. The summed E-state index contributed by atoms with van der Waals surface area (Å²) >= 11 is 0. The first-order chi connectivity index (χ1) is 11.3. The zero-order chi connectivity index (χ0) is 16.1. The second-order valence-electron chi connectivity index (χ2n) is 5.31. The molecule has 3 rings (SSSR count). The predicted octanol–water partition coefficient (Wildman–Crippen LogP) is 2.03. The molecule has 2 aromatic rings. The Bertz CT molecular complexity index is 719. The summed E-state index contributed by atoms with van der Waals surface area (Å²) in [6.07, 6.45) is 6.26. The Hall–Kier alpha value is -2.94. The van der Waals surface area contributed by atoms with E-state index in [-0.39, 0.29) is 12.0 Å². The third-order valence-corrected chi connectivity index (χ3v) is 3.83. The van der Waals surface area contributed by atoms with Crippen LogP contribution in [0.25, 0.3) is 0 Å². The van der Waals surface area contributed by atoms with Gasteiger partial charge in [-0.1, -0.05) is 0 Å². The first-order valence-corrected chi connectivity index (χ1v) is 7.49. The van der Waals surface area contributed by atoms with Crippen molar-refractivity contribution in [1.29, 1.82) is 5.26 Å². The topological polar surface area (TPSA) is 79.1 Å². The molecule has 0 spiro atoms. The fourth-order valence-corrected chi connectivity index (χ4v) is 2.58. The molecule has 116 valence electrons. The normalized spacial score (nSPS) is 15.0. The van der Waals surface area contributed by atoms with Gasteiger partial charge < -0.3 is 9.64 Å². The van der Waals surface area contributed by atoms with Gasteiger partial charge in [0, 0.05) is 50.1 Å². The molecule has 0 radical (unpaired) electrons. The molecule has 23 heavy (non-hydrogen) atoms. The fourth-order valence-electron chi connectivity index (χ4n) is 2.58. The summed E-state index contributed by atoms with van der Waals surface area (Å²) in [6.45, 7) is 1.25. The van der Waals surface area contributed by atoms with Crippen molar-refractivity contribution in [3.05, 3.63) is 54.0 Å². The van der Waals surface area contributed by atoms with Gasteiger partial charge >= 0.3 is 0 Å². The van der Waals surface area contributed by atoms with Crippen LogP contribution in [0, 0.1) is 11.3 Å². The second kappa shape index (κ2) is 6.88. The lowest BCUT2D eigenvalue weighted by atomic mass is 10.1. The monoisotopic (exact) mass is 308 g/mol. The van der Waals surface area contributed by atoms with Gasteiger partial charge in [-0.05, 0) is 24.3 Å². The molecule has 1 fully saturated rings. The Morgan fingerprint density at radius 3 is 2.65 bits per heavy atom. The molecule has 0 unspecified atom stereocenters. The van der Waals surface area contributed by atoms with Crippen molar-refractivity contribution < 1.29 is 9.53 Å². The van der Waals surface area contributed by atoms with Gasteiger partial charge in [0.05, 0.1) is 0 Å². The van der Waals surface area contributed by atoms with Crippen molar-refractivity contribution in [3.63, 3.8) is 0 Å². The smallest absolute Gasteiger partial charge is 0.253 e. The van der Waals surface area contributed by atoms with Crippen molar-refractivity contribution in [2.75, 3.05) is 13.1 Å². The summed E-state index contributed by atoms with van der Waals surface area (Å²) in [4.78, 5) is 22.2. The number of aromatic nitrogens is 2. The Labute approximate surface area is 134 Å². The number of carbonyl (C=O) groups excluding carboxylic acids is 1. The standard InChI is InChI=1S/C17H16N4O2/c18-12-14-2-1-7-20-16(14)23-15-5-10-21(11-6-15)17(22)13-3-8-19-9-4-13/h1-4,7-9,15H,5-6,10-11H2. The number of amides is 1. The minimum Gasteiger partial charge on any atom is -0.473 e. The minimum atomic E-state index is -0.0292. The molecule has 0 bridgehead atoms. The number of hydrogen-bond donors (Lipinski definition) is 0. The van der Waals surface area contributed by atoms with Gasteiger partial charge in [-0.25, -0.2) is 4.98 Å². The van der Waals surface area contributed by atoms with Gasteiger partial charge in [0.2, 0.25) is 5.88 Å². The van der Waals surface area contributed by atoms with E-state index in [4.69, 9.17) is 10.00 Å². The average Bonchev–Trinajstić information content (AvgIpc) is 2.63. The van der Waals surface area contributed by atoms with Crippen LogP contribution in [0.4, 0.5) is 0 Å². The van der Waals surface area contributed by atoms with Gasteiger partial charge in [-0.3, -0.25) is 9.78 Å². The van der Waals surface area contributed by atoms with Gasteiger partial charge in [-0.15, -0.1) is 0 Å². The van der Waals surface area contributed by atoms with Crippen LogP contribution in [0.5, 0.6) is 5.88 Å². The van der Waals surface area contributed by atoms with Gasteiger partial charge in [0.15, 0.2) is 0 Å². The molecule has 2 aromatic heterocycles. The van der Waals surface area contributed by atoms with E-state index < -0.39 is 0 Å². The lowest BCUT2D eigenvalue weighted by Crippen LogP contribution is -2.41. The van der Waals surface area contributed by atoms with Crippen LogP contribution in [0.2, 0.25) is 0 Å². The zero-order valence-electron chi connectivity index (χ0n) is 12.6. The van der Waals surface area contributed by atoms with E-state index >= 15 is 0 Å². The lowest BCUT2D eigenvalue weighted by molar-refractivity contribution is 0.0587. The lowest BCUT2D eigenvalue weighted by Gasteiger charge is -2.32. The molecule has 0 aliphatic carbocycles. The van der Waals surface area contributed by atoms with E-state index in [9.17, 15) is 4.79 Å². The Balaban J connectivity index is 1.59. The first kappa shape index (κ1) is 15.0. The Morgan fingerprint density at radius 1 is 1.22 bits per heavy atom. The van der Waals surface area contributed by atoms with E-state index in [1.807, 2.05) is 4.90 Å². The molecular formula is C17H16N4O2. The molecule has 0 saturated carbocycles. The molecule has 6 nitrogen and oxygen atoms in total. The molecule has 1 aliphatic rings. The molecule has 0 N–H and O–H groups in total. The van der Waals surface area contributed by atoms with Crippen molar-refractivity contribution in [3.8, 4) is 11.9 Å². The van der Waals surface area contributed by atoms with E-state index in [1.54, 1.807) is 42.9 Å². The molecule has 0 atom stereocenters. The van der Waals surface area contributed by atoms with Crippen molar-refractivity contribution in [2.24, 2.45) is 0 Å². The van der Waals surface area contributed by atoms with E-state index in [1.165, 1.54) is 0 Å². The molecule has 3 heterocycles. The molecule has 1 amide bonds. The summed E-state index contributed by atoms with van der Waals surface area (Å²) in [5.74, 6) is 0.385. The number of likely N-dealkylation sites (tertiary alicyclic amines) is 1.